The molecule has 0 aliphatic carbocycles. The van der Waals surface area contributed by atoms with Gasteiger partial charge >= 0.3 is 0 Å². The Morgan fingerprint density at radius 3 is 2.59 bits per heavy atom. The predicted molar refractivity (Wildman–Crippen MR) is 103 cm³/mol. The van der Waals surface area contributed by atoms with E-state index in [4.69, 9.17) is 14.2 Å². The van der Waals surface area contributed by atoms with Crippen LogP contribution >= 0.6 is 11.3 Å². The molecule has 144 valence electrons. The van der Waals surface area contributed by atoms with E-state index in [0.29, 0.717) is 39.1 Å². The molecule has 27 heavy (non-hydrogen) atoms. The van der Waals surface area contributed by atoms with Crippen molar-refractivity contribution in [1.82, 2.24) is 9.88 Å². The summed E-state index contributed by atoms with van der Waals surface area (Å²) in [6, 6.07) is 7.87. The summed E-state index contributed by atoms with van der Waals surface area (Å²) in [6.07, 6.45) is 2.68. The first-order valence-electron chi connectivity index (χ1n) is 9.32. The van der Waals surface area contributed by atoms with E-state index in [1.807, 2.05) is 34.5 Å². The Morgan fingerprint density at radius 2 is 1.93 bits per heavy atom. The van der Waals surface area contributed by atoms with Gasteiger partial charge in [-0.05, 0) is 30.7 Å². The summed E-state index contributed by atoms with van der Waals surface area (Å²) >= 11 is 1.61. The maximum absolute atomic E-state index is 12.5. The molecule has 3 heterocycles. The Labute approximate surface area is 163 Å². The lowest BCUT2D eigenvalue weighted by Crippen LogP contribution is -2.47. The van der Waals surface area contributed by atoms with Gasteiger partial charge in [0.25, 0.3) is 0 Å². The lowest BCUT2D eigenvalue weighted by molar-refractivity contribution is -0.187. The highest BCUT2D eigenvalue weighted by molar-refractivity contribution is 7.13. The highest BCUT2D eigenvalue weighted by atomic mass is 32.1. The normalized spacial score (nSPS) is 18.8. The van der Waals surface area contributed by atoms with Gasteiger partial charge in [-0.15, -0.1) is 11.3 Å². The van der Waals surface area contributed by atoms with Gasteiger partial charge in [0, 0.05) is 43.3 Å². The van der Waals surface area contributed by atoms with Gasteiger partial charge in [-0.25, -0.2) is 4.98 Å². The first-order chi connectivity index (χ1) is 13.2. The van der Waals surface area contributed by atoms with E-state index in [2.05, 4.69) is 4.98 Å². The van der Waals surface area contributed by atoms with Gasteiger partial charge < -0.3 is 19.1 Å². The zero-order valence-corrected chi connectivity index (χ0v) is 16.3. The number of aromatic nitrogens is 1. The first-order valence-corrected chi connectivity index (χ1v) is 10.2. The number of nitrogens with zero attached hydrogens (tertiary/aromatic N) is 2. The molecule has 0 radical (unpaired) electrons. The van der Waals surface area contributed by atoms with Crippen molar-refractivity contribution in [2.45, 2.75) is 31.5 Å². The van der Waals surface area contributed by atoms with Crippen molar-refractivity contribution >= 4 is 17.2 Å². The third-order valence-corrected chi connectivity index (χ3v) is 6.12. The minimum atomic E-state index is -0.432. The molecule has 2 saturated heterocycles. The van der Waals surface area contributed by atoms with Crippen LogP contribution in [0.5, 0.6) is 5.75 Å². The topological polar surface area (TPSA) is 60.9 Å². The van der Waals surface area contributed by atoms with E-state index >= 15 is 0 Å². The molecule has 7 heteroatoms. The number of ether oxygens (including phenoxy) is 3. The van der Waals surface area contributed by atoms with E-state index in [1.165, 1.54) is 0 Å². The number of thiazole rings is 1. The van der Waals surface area contributed by atoms with Gasteiger partial charge in [-0.2, -0.15) is 0 Å². The summed E-state index contributed by atoms with van der Waals surface area (Å²) in [5.74, 6) is 0.582. The zero-order valence-electron chi connectivity index (χ0n) is 15.5. The van der Waals surface area contributed by atoms with Crippen molar-refractivity contribution in [2.75, 3.05) is 33.4 Å². The molecule has 0 saturated carbocycles. The summed E-state index contributed by atoms with van der Waals surface area (Å²) in [6.45, 7) is 2.72. The highest BCUT2D eigenvalue weighted by Gasteiger charge is 2.40. The second-order valence-corrected chi connectivity index (χ2v) is 7.72. The van der Waals surface area contributed by atoms with Crippen LogP contribution in [-0.2, 0) is 20.7 Å². The Kier molecular flexibility index (Phi) is 5.43. The van der Waals surface area contributed by atoms with Crippen LogP contribution in [0.15, 0.2) is 29.6 Å². The van der Waals surface area contributed by atoms with Crippen LogP contribution in [0.25, 0.3) is 10.6 Å². The monoisotopic (exact) mass is 388 g/mol. The molecule has 0 N–H and O–H groups in total. The molecular weight excluding hydrogens is 364 g/mol. The third-order valence-electron chi connectivity index (χ3n) is 5.18. The average Bonchev–Trinajstić information content (AvgIpc) is 3.37. The van der Waals surface area contributed by atoms with Gasteiger partial charge in [0.15, 0.2) is 5.79 Å². The van der Waals surface area contributed by atoms with Crippen LogP contribution in [0.4, 0.5) is 0 Å². The number of methoxy groups -OCH3 is 1. The number of rotatable bonds is 5. The average molecular weight is 388 g/mol. The second-order valence-electron chi connectivity index (χ2n) is 6.86. The van der Waals surface area contributed by atoms with E-state index in [-0.39, 0.29) is 5.91 Å². The number of piperidine rings is 1. The number of carbonyl (C=O) groups excluding carboxylic acids is 1. The largest absolute Gasteiger partial charge is 0.497 e. The highest BCUT2D eigenvalue weighted by Crippen LogP contribution is 2.31. The van der Waals surface area contributed by atoms with Crippen LogP contribution in [0.1, 0.15) is 25.0 Å². The molecule has 0 unspecified atom stereocenters. The molecule has 1 aromatic heterocycles. The molecule has 0 bridgehead atoms. The standard InChI is InChI=1S/C20H24N2O4S/c1-24-17-5-2-15(3-6-17)19-21-16(14-27-19)4-7-18(23)22-10-8-20(9-11-22)25-12-13-26-20/h2-3,5-6,14H,4,7-13H2,1H3. The number of benzene rings is 1. The number of likely N-dealkylation sites (tertiary alicyclic amines) is 1. The van der Waals surface area contributed by atoms with E-state index in [9.17, 15) is 4.79 Å². The summed E-state index contributed by atoms with van der Waals surface area (Å²) in [4.78, 5) is 19.1. The maximum atomic E-state index is 12.5. The van der Waals surface area contributed by atoms with Gasteiger partial charge in [0.2, 0.25) is 5.91 Å². The van der Waals surface area contributed by atoms with Crippen LogP contribution in [0.2, 0.25) is 0 Å². The molecule has 2 fully saturated rings. The van der Waals surface area contributed by atoms with Gasteiger partial charge in [0.05, 0.1) is 26.0 Å². The summed E-state index contributed by atoms with van der Waals surface area (Å²) in [5, 5.41) is 3.01. The molecule has 0 atom stereocenters. The minimum Gasteiger partial charge on any atom is -0.497 e. The number of carbonyl (C=O) groups is 1. The molecule has 2 aliphatic rings. The fraction of sp³-hybridized carbons (Fsp3) is 0.500. The Balaban J connectivity index is 1.29. The van der Waals surface area contributed by atoms with Gasteiger partial charge in [-0.3, -0.25) is 4.79 Å². The molecule has 1 aromatic carbocycles. The fourth-order valence-corrected chi connectivity index (χ4v) is 4.42. The van der Waals surface area contributed by atoms with E-state index < -0.39 is 5.79 Å². The van der Waals surface area contributed by atoms with Crippen molar-refractivity contribution in [2.24, 2.45) is 0 Å². The predicted octanol–water partition coefficient (Wildman–Crippen LogP) is 3.12. The van der Waals surface area contributed by atoms with Crippen molar-refractivity contribution in [3.63, 3.8) is 0 Å². The lowest BCUT2D eigenvalue weighted by Gasteiger charge is -2.37. The molecule has 2 aliphatic heterocycles. The van der Waals surface area contributed by atoms with Crippen LogP contribution in [-0.4, -0.2) is 55.0 Å². The Morgan fingerprint density at radius 1 is 1.22 bits per heavy atom. The summed E-state index contributed by atoms with van der Waals surface area (Å²) < 4.78 is 16.6. The molecule has 2 aromatic rings. The van der Waals surface area contributed by atoms with E-state index in [0.717, 1.165) is 34.9 Å². The molecule has 1 amide bonds. The smallest absolute Gasteiger partial charge is 0.222 e. The minimum absolute atomic E-state index is 0.182. The number of aryl methyl sites for hydroxylation is 1. The van der Waals surface area contributed by atoms with Crippen molar-refractivity contribution in [3.05, 3.63) is 35.3 Å². The van der Waals surface area contributed by atoms with Crippen LogP contribution in [0.3, 0.4) is 0 Å². The van der Waals surface area contributed by atoms with Crippen molar-refractivity contribution in [3.8, 4) is 16.3 Å². The number of hydrogen-bond acceptors (Lipinski definition) is 6. The first kappa shape index (κ1) is 18.4. The lowest BCUT2D eigenvalue weighted by atomic mass is 10.0. The van der Waals surface area contributed by atoms with Crippen molar-refractivity contribution in [1.29, 1.82) is 0 Å². The molecular formula is C20H24N2O4S. The van der Waals surface area contributed by atoms with Gasteiger partial charge in [0.1, 0.15) is 10.8 Å². The zero-order chi connectivity index (χ0) is 18.7. The van der Waals surface area contributed by atoms with E-state index in [1.54, 1.807) is 18.4 Å². The maximum Gasteiger partial charge on any atom is 0.222 e. The van der Waals surface area contributed by atoms with Crippen molar-refractivity contribution < 1.29 is 19.0 Å². The van der Waals surface area contributed by atoms with Gasteiger partial charge in [-0.1, -0.05) is 0 Å². The fourth-order valence-electron chi connectivity index (χ4n) is 3.56. The van der Waals surface area contributed by atoms with Crippen LogP contribution in [0, 0.1) is 0 Å². The third kappa shape index (κ3) is 4.15. The Hall–Kier alpha value is -1.96. The SMILES string of the molecule is COc1ccc(-c2nc(CCC(=O)N3CCC4(CC3)OCCO4)cs2)cc1. The molecule has 1 spiro atoms. The number of amides is 1. The quantitative estimate of drug-likeness (QED) is 0.788. The summed E-state index contributed by atoms with van der Waals surface area (Å²) in [7, 11) is 1.66. The van der Waals surface area contributed by atoms with Crippen LogP contribution < -0.4 is 4.74 Å². The number of hydrogen-bond donors (Lipinski definition) is 0. The molecule has 6 nitrogen and oxygen atoms in total. The molecule has 4 rings (SSSR count). The summed E-state index contributed by atoms with van der Waals surface area (Å²) in [5.41, 5.74) is 2.03. The Bertz CT molecular complexity index is 774. The second kappa shape index (κ2) is 7.96.